The zero-order valence-electron chi connectivity index (χ0n) is 12.7. The Morgan fingerprint density at radius 2 is 2.00 bits per heavy atom. The lowest BCUT2D eigenvalue weighted by Gasteiger charge is -2.25. The molecule has 0 fully saturated rings. The van der Waals surface area contributed by atoms with Crippen LogP contribution in [-0.2, 0) is 6.54 Å². The van der Waals surface area contributed by atoms with Gasteiger partial charge >= 0.3 is 0 Å². The van der Waals surface area contributed by atoms with Crippen molar-refractivity contribution in [3.05, 3.63) is 28.8 Å². The largest absolute Gasteiger partial charge is 0.372 e. The molecular formula is C16H27ClN2. The molecule has 3 heteroatoms. The smallest absolute Gasteiger partial charge is 0.0471 e. The van der Waals surface area contributed by atoms with E-state index in [0.717, 1.165) is 37.6 Å². The van der Waals surface area contributed by atoms with Crippen LogP contribution in [0.4, 0.5) is 5.69 Å². The topological polar surface area (TPSA) is 15.3 Å². The van der Waals surface area contributed by atoms with Crippen LogP contribution < -0.4 is 10.2 Å². The fraction of sp³-hybridized carbons (Fsp3) is 0.625. The molecular weight excluding hydrogens is 256 g/mol. The van der Waals surface area contributed by atoms with E-state index in [-0.39, 0.29) is 0 Å². The lowest BCUT2D eigenvalue weighted by Crippen LogP contribution is -2.27. The van der Waals surface area contributed by atoms with Gasteiger partial charge in [-0.2, -0.15) is 0 Å². The quantitative estimate of drug-likeness (QED) is 0.714. The van der Waals surface area contributed by atoms with Gasteiger partial charge in [0.05, 0.1) is 0 Å². The molecule has 108 valence electrons. The van der Waals surface area contributed by atoms with E-state index >= 15 is 0 Å². The fourth-order valence-electron chi connectivity index (χ4n) is 2.13. The van der Waals surface area contributed by atoms with Gasteiger partial charge in [-0.3, -0.25) is 0 Å². The van der Waals surface area contributed by atoms with Crippen molar-refractivity contribution in [2.75, 3.05) is 24.5 Å². The Morgan fingerprint density at radius 1 is 1.26 bits per heavy atom. The summed E-state index contributed by atoms with van der Waals surface area (Å²) in [7, 11) is 0. The van der Waals surface area contributed by atoms with Gasteiger partial charge in [-0.15, -0.1) is 0 Å². The van der Waals surface area contributed by atoms with Crippen molar-refractivity contribution in [2.45, 2.75) is 40.7 Å². The summed E-state index contributed by atoms with van der Waals surface area (Å²) in [5.41, 5.74) is 2.40. The maximum atomic E-state index is 6.38. The first-order valence-electron chi connectivity index (χ1n) is 7.32. The molecule has 1 rings (SSSR count). The van der Waals surface area contributed by atoms with Crippen LogP contribution in [0.25, 0.3) is 0 Å². The highest BCUT2D eigenvalue weighted by Crippen LogP contribution is 2.24. The Kier molecular flexibility index (Phi) is 7.25. The summed E-state index contributed by atoms with van der Waals surface area (Å²) in [6.45, 7) is 12.8. The van der Waals surface area contributed by atoms with Gasteiger partial charge in [-0.05, 0) is 43.5 Å². The molecule has 1 aromatic carbocycles. The average Bonchev–Trinajstić information content (AvgIpc) is 2.38. The highest BCUT2D eigenvalue weighted by Gasteiger charge is 2.09. The molecule has 0 saturated heterocycles. The van der Waals surface area contributed by atoms with Crippen LogP contribution in [-0.4, -0.2) is 19.6 Å². The Hall–Kier alpha value is -0.730. The first kappa shape index (κ1) is 16.3. The number of hydrogen-bond donors (Lipinski definition) is 1. The molecule has 0 saturated carbocycles. The van der Waals surface area contributed by atoms with Crippen molar-refractivity contribution in [2.24, 2.45) is 5.92 Å². The molecule has 0 atom stereocenters. The van der Waals surface area contributed by atoms with E-state index in [0.29, 0.717) is 5.92 Å². The van der Waals surface area contributed by atoms with Crippen molar-refractivity contribution in [1.82, 2.24) is 5.32 Å². The van der Waals surface area contributed by atoms with Gasteiger partial charge in [-0.25, -0.2) is 0 Å². The van der Waals surface area contributed by atoms with Crippen molar-refractivity contribution < 1.29 is 0 Å². The monoisotopic (exact) mass is 282 g/mol. The third kappa shape index (κ3) is 5.42. The minimum Gasteiger partial charge on any atom is -0.372 e. The van der Waals surface area contributed by atoms with Crippen molar-refractivity contribution in [3.63, 3.8) is 0 Å². The first-order valence-corrected chi connectivity index (χ1v) is 7.70. The summed E-state index contributed by atoms with van der Waals surface area (Å²) in [6, 6.07) is 6.42. The molecule has 0 amide bonds. The van der Waals surface area contributed by atoms with Crippen LogP contribution in [0.3, 0.4) is 0 Å². The molecule has 0 radical (unpaired) electrons. The Bertz CT molecular complexity index is 377. The molecule has 1 aromatic rings. The van der Waals surface area contributed by atoms with Gasteiger partial charge < -0.3 is 10.2 Å². The zero-order valence-corrected chi connectivity index (χ0v) is 13.4. The third-order valence-electron chi connectivity index (χ3n) is 3.11. The molecule has 0 heterocycles. The molecule has 19 heavy (non-hydrogen) atoms. The third-order valence-corrected chi connectivity index (χ3v) is 3.46. The summed E-state index contributed by atoms with van der Waals surface area (Å²) in [5.74, 6) is 0.657. The van der Waals surface area contributed by atoms with Gasteiger partial charge in [0.25, 0.3) is 0 Å². The highest BCUT2D eigenvalue weighted by atomic mass is 35.5. The Morgan fingerprint density at radius 3 is 2.53 bits per heavy atom. The number of anilines is 1. The SMILES string of the molecule is CCCNCc1ccc(N(CC)CC(C)C)cc1Cl. The van der Waals surface area contributed by atoms with E-state index in [4.69, 9.17) is 11.6 Å². The predicted octanol–water partition coefficient (Wildman–Crippen LogP) is 4.32. The Labute approximate surface area is 123 Å². The summed E-state index contributed by atoms with van der Waals surface area (Å²) in [5, 5.41) is 4.25. The van der Waals surface area contributed by atoms with Crippen LogP contribution in [0.2, 0.25) is 5.02 Å². The first-order chi connectivity index (χ1) is 9.08. The second-order valence-corrected chi connectivity index (χ2v) is 5.79. The van der Waals surface area contributed by atoms with Crippen molar-refractivity contribution >= 4 is 17.3 Å². The van der Waals surface area contributed by atoms with Gasteiger partial charge in [0, 0.05) is 30.3 Å². The van der Waals surface area contributed by atoms with Gasteiger partial charge in [0.2, 0.25) is 0 Å². The lowest BCUT2D eigenvalue weighted by molar-refractivity contribution is 0.618. The van der Waals surface area contributed by atoms with Crippen LogP contribution in [0, 0.1) is 5.92 Å². The second-order valence-electron chi connectivity index (χ2n) is 5.38. The summed E-state index contributed by atoms with van der Waals surface area (Å²) in [6.07, 6.45) is 1.15. The number of nitrogens with zero attached hydrogens (tertiary/aromatic N) is 1. The molecule has 0 aromatic heterocycles. The maximum Gasteiger partial charge on any atom is 0.0471 e. The summed E-state index contributed by atoms with van der Waals surface area (Å²) < 4.78 is 0. The molecule has 0 aliphatic carbocycles. The molecule has 0 aliphatic heterocycles. The average molecular weight is 283 g/mol. The molecule has 0 spiro atoms. The van der Waals surface area contributed by atoms with Gasteiger partial charge in [-0.1, -0.05) is 38.4 Å². The van der Waals surface area contributed by atoms with E-state index in [1.54, 1.807) is 0 Å². The molecule has 1 N–H and O–H groups in total. The zero-order chi connectivity index (χ0) is 14.3. The van der Waals surface area contributed by atoms with E-state index in [9.17, 15) is 0 Å². The lowest BCUT2D eigenvalue weighted by atomic mass is 10.1. The number of benzene rings is 1. The summed E-state index contributed by atoms with van der Waals surface area (Å²) in [4.78, 5) is 2.37. The van der Waals surface area contributed by atoms with E-state index in [1.807, 2.05) is 0 Å². The minimum atomic E-state index is 0.657. The normalized spacial score (nSPS) is 11.1. The van der Waals surface area contributed by atoms with Crippen LogP contribution in [0.1, 0.15) is 39.7 Å². The molecule has 2 nitrogen and oxygen atoms in total. The predicted molar refractivity (Wildman–Crippen MR) is 86.2 cm³/mol. The minimum absolute atomic E-state index is 0.657. The number of rotatable bonds is 8. The van der Waals surface area contributed by atoms with Crippen LogP contribution >= 0.6 is 11.6 Å². The van der Waals surface area contributed by atoms with Crippen molar-refractivity contribution in [3.8, 4) is 0 Å². The van der Waals surface area contributed by atoms with Crippen LogP contribution in [0.5, 0.6) is 0 Å². The van der Waals surface area contributed by atoms with Gasteiger partial charge in [0.1, 0.15) is 0 Å². The van der Waals surface area contributed by atoms with Crippen molar-refractivity contribution in [1.29, 1.82) is 0 Å². The second kappa shape index (κ2) is 8.44. The number of nitrogens with one attached hydrogen (secondary N) is 1. The van der Waals surface area contributed by atoms with Gasteiger partial charge in [0.15, 0.2) is 0 Å². The van der Waals surface area contributed by atoms with E-state index in [2.05, 4.69) is 56.1 Å². The fourth-order valence-corrected chi connectivity index (χ4v) is 2.38. The molecule has 0 aliphatic rings. The number of hydrogen-bond acceptors (Lipinski definition) is 2. The molecule has 0 bridgehead atoms. The Balaban J connectivity index is 2.74. The maximum absolute atomic E-state index is 6.38. The van der Waals surface area contributed by atoms with E-state index < -0.39 is 0 Å². The molecule has 0 unspecified atom stereocenters. The van der Waals surface area contributed by atoms with E-state index in [1.165, 1.54) is 11.3 Å². The highest BCUT2D eigenvalue weighted by molar-refractivity contribution is 6.31. The van der Waals surface area contributed by atoms with Crippen LogP contribution in [0.15, 0.2) is 18.2 Å². The standard InChI is InChI=1S/C16H27ClN2/c1-5-9-18-11-14-7-8-15(10-16(14)17)19(6-2)12-13(3)4/h7-8,10,13,18H,5-6,9,11-12H2,1-4H3. The number of halogens is 1. The summed E-state index contributed by atoms with van der Waals surface area (Å²) >= 11 is 6.38.